The van der Waals surface area contributed by atoms with Crippen molar-refractivity contribution in [2.45, 2.75) is 19.9 Å². The predicted molar refractivity (Wildman–Crippen MR) is 89.2 cm³/mol. The largest absolute Gasteiger partial charge is 0.355 e. The van der Waals surface area contributed by atoms with Crippen LogP contribution in [0.25, 0.3) is 0 Å². The van der Waals surface area contributed by atoms with Crippen molar-refractivity contribution in [3.63, 3.8) is 0 Å². The van der Waals surface area contributed by atoms with E-state index in [0.29, 0.717) is 23.1 Å². The Hall–Kier alpha value is -1.30. The quantitative estimate of drug-likeness (QED) is 0.745. The van der Waals surface area contributed by atoms with E-state index in [9.17, 15) is 9.59 Å². The van der Waals surface area contributed by atoms with E-state index >= 15 is 0 Å². The lowest BCUT2D eigenvalue weighted by molar-refractivity contribution is -0.123. The number of halogens is 2. The molecule has 1 aromatic carbocycles. The van der Waals surface area contributed by atoms with Gasteiger partial charge in [0.15, 0.2) is 0 Å². The smallest absolute Gasteiger partial charge is 0.234 e. The van der Waals surface area contributed by atoms with Crippen molar-refractivity contribution >= 4 is 35.0 Å². The Balaban J connectivity index is 2.48. The highest BCUT2D eigenvalue weighted by atomic mass is 35.5. The summed E-state index contributed by atoms with van der Waals surface area (Å²) < 4.78 is 0. The normalized spacial score (nSPS) is 12.1. The molecule has 2 amide bonds. The van der Waals surface area contributed by atoms with Crippen molar-refractivity contribution < 1.29 is 9.59 Å². The van der Waals surface area contributed by atoms with E-state index in [4.69, 9.17) is 23.2 Å². The molecule has 0 unspecified atom stereocenters. The van der Waals surface area contributed by atoms with Crippen molar-refractivity contribution in [2.24, 2.45) is 0 Å². The minimum absolute atomic E-state index is 0.0224. The van der Waals surface area contributed by atoms with Gasteiger partial charge in [-0.2, -0.15) is 0 Å². The first-order valence-corrected chi connectivity index (χ1v) is 7.73. The molecule has 0 aromatic heterocycles. The number of nitrogens with one attached hydrogen (secondary N) is 2. The molecule has 0 spiro atoms. The topological polar surface area (TPSA) is 61.4 Å². The molecule has 0 fully saturated rings. The van der Waals surface area contributed by atoms with Crippen LogP contribution in [0, 0.1) is 0 Å². The number of hydrogen-bond donors (Lipinski definition) is 2. The van der Waals surface area contributed by atoms with Crippen LogP contribution in [0.4, 0.5) is 0 Å². The molecule has 1 atom stereocenters. The molecule has 0 aliphatic rings. The molecule has 0 heterocycles. The number of nitrogens with zero attached hydrogens (tertiary/aromatic N) is 1. The number of amides is 2. The van der Waals surface area contributed by atoms with Crippen LogP contribution >= 0.6 is 23.2 Å². The summed E-state index contributed by atoms with van der Waals surface area (Å²) in [6.07, 6.45) is 0. The van der Waals surface area contributed by atoms with Crippen LogP contribution in [0.2, 0.25) is 10.0 Å². The number of carbonyl (C=O) groups is 2. The fraction of sp³-hybridized carbons (Fsp3) is 0.467. The minimum Gasteiger partial charge on any atom is -0.355 e. The fourth-order valence-corrected chi connectivity index (χ4v) is 2.50. The zero-order valence-corrected chi connectivity index (χ0v) is 14.5. The standard InChI is InChI=1S/C15H21Cl2N3O2/c1-10(13-5-4-12(16)8-14(13)17)20(3)9-15(22)19-7-6-18-11(2)21/h4-5,8,10H,6-7,9H2,1-3H3,(H,18,21)(H,19,22)/t10-/m1/s1. The van der Waals surface area contributed by atoms with Gasteiger partial charge in [0.25, 0.3) is 0 Å². The third-order valence-corrected chi connectivity index (χ3v) is 3.85. The number of rotatable bonds is 7. The number of carbonyl (C=O) groups excluding carboxylic acids is 2. The highest BCUT2D eigenvalue weighted by Crippen LogP contribution is 2.28. The number of hydrogen-bond acceptors (Lipinski definition) is 3. The highest BCUT2D eigenvalue weighted by molar-refractivity contribution is 6.35. The van der Waals surface area contributed by atoms with Gasteiger partial charge in [0.05, 0.1) is 6.54 Å². The Kier molecular flexibility index (Phi) is 7.65. The van der Waals surface area contributed by atoms with Gasteiger partial charge in [-0.25, -0.2) is 0 Å². The van der Waals surface area contributed by atoms with Crippen LogP contribution in [-0.2, 0) is 9.59 Å². The molecule has 0 aliphatic heterocycles. The van der Waals surface area contributed by atoms with E-state index in [2.05, 4.69) is 10.6 Å². The first-order chi connectivity index (χ1) is 10.3. The van der Waals surface area contributed by atoms with Gasteiger partial charge in [-0.1, -0.05) is 29.3 Å². The third kappa shape index (κ3) is 6.22. The van der Waals surface area contributed by atoms with Gasteiger partial charge in [0.2, 0.25) is 11.8 Å². The van der Waals surface area contributed by atoms with Gasteiger partial charge < -0.3 is 10.6 Å². The zero-order valence-electron chi connectivity index (χ0n) is 13.0. The Morgan fingerprint density at radius 1 is 1.23 bits per heavy atom. The maximum atomic E-state index is 11.9. The third-order valence-electron chi connectivity index (χ3n) is 3.29. The lowest BCUT2D eigenvalue weighted by Crippen LogP contribution is -2.39. The van der Waals surface area contributed by atoms with Crippen LogP contribution in [-0.4, -0.2) is 43.4 Å². The van der Waals surface area contributed by atoms with Crippen molar-refractivity contribution in [3.8, 4) is 0 Å². The summed E-state index contributed by atoms with van der Waals surface area (Å²) >= 11 is 12.1. The lowest BCUT2D eigenvalue weighted by Gasteiger charge is -2.25. The average Bonchev–Trinajstić information content (AvgIpc) is 2.42. The summed E-state index contributed by atoms with van der Waals surface area (Å²) in [5.74, 6) is -0.220. The number of likely N-dealkylation sites (N-methyl/N-ethyl adjacent to an activating group) is 1. The van der Waals surface area contributed by atoms with Crippen molar-refractivity contribution in [1.29, 1.82) is 0 Å². The molecule has 0 saturated carbocycles. The van der Waals surface area contributed by atoms with Crippen LogP contribution in [0.3, 0.4) is 0 Å². The van der Waals surface area contributed by atoms with E-state index in [1.165, 1.54) is 6.92 Å². The molecule has 5 nitrogen and oxygen atoms in total. The average molecular weight is 346 g/mol. The summed E-state index contributed by atoms with van der Waals surface area (Å²) in [6.45, 7) is 4.47. The fourth-order valence-electron chi connectivity index (χ4n) is 1.94. The number of benzene rings is 1. The molecule has 0 bridgehead atoms. The van der Waals surface area contributed by atoms with Gasteiger partial charge in [-0.3, -0.25) is 14.5 Å². The van der Waals surface area contributed by atoms with E-state index < -0.39 is 0 Å². The lowest BCUT2D eigenvalue weighted by atomic mass is 10.1. The van der Waals surface area contributed by atoms with E-state index in [1.54, 1.807) is 12.1 Å². The SMILES string of the molecule is CC(=O)NCCNC(=O)CN(C)[C@H](C)c1ccc(Cl)cc1Cl. The Morgan fingerprint density at radius 3 is 2.45 bits per heavy atom. The summed E-state index contributed by atoms with van der Waals surface area (Å²) in [7, 11) is 1.85. The first-order valence-electron chi connectivity index (χ1n) is 6.97. The summed E-state index contributed by atoms with van der Waals surface area (Å²) in [5.41, 5.74) is 0.916. The molecule has 2 N–H and O–H groups in total. The molecule has 0 aliphatic carbocycles. The molecule has 0 saturated heterocycles. The predicted octanol–water partition coefficient (Wildman–Crippen LogP) is 2.24. The molecule has 1 aromatic rings. The van der Waals surface area contributed by atoms with Crippen LogP contribution in [0.5, 0.6) is 0 Å². The molecule has 122 valence electrons. The Bertz CT molecular complexity index is 538. The second kappa shape index (κ2) is 8.98. The van der Waals surface area contributed by atoms with Crippen LogP contribution < -0.4 is 10.6 Å². The molecular formula is C15H21Cl2N3O2. The molecule has 1 rings (SSSR count). The Labute approximate surface area is 141 Å². The van der Waals surface area contributed by atoms with Crippen molar-refractivity contribution in [2.75, 3.05) is 26.7 Å². The second-order valence-electron chi connectivity index (χ2n) is 5.09. The van der Waals surface area contributed by atoms with E-state index in [1.807, 2.05) is 24.9 Å². The maximum absolute atomic E-state index is 11.9. The molecular weight excluding hydrogens is 325 g/mol. The van der Waals surface area contributed by atoms with Gasteiger partial charge in [-0.05, 0) is 31.7 Å². The van der Waals surface area contributed by atoms with Gasteiger partial charge in [-0.15, -0.1) is 0 Å². The zero-order chi connectivity index (χ0) is 16.7. The first kappa shape index (κ1) is 18.7. The maximum Gasteiger partial charge on any atom is 0.234 e. The molecule has 7 heteroatoms. The van der Waals surface area contributed by atoms with Crippen molar-refractivity contribution in [3.05, 3.63) is 33.8 Å². The van der Waals surface area contributed by atoms with Crippen LogP contribution in [0.1, 0.15) is 25.5 Å². The van der Waals surface area contributed by atoms with Gasteiger partial charge >= 0.3 is 0 Å². The van der Waals surface area contributed by atoms with Crippen molar-refractivity contribution in [1.82, 2.24) is 15.5 Å². The molecule has 22 heavy (non-hydrogen) atoms. The van der Waals surface area contributed by atoms with E-state index in [-0.39, 0.29) is 24.4 Å². The summed E-state index contributed by atoms with van der Waals surface area (Å²) in [4.78, 5) is 24.5. The monoisotopic (exact) mass is 345 g/mol. The van der Waals surface area contributed by atoms with Gasteiger partial charge in [0, 0.05) is 36.1 Å². The second-order valence-corrected chi connectivity index (χ2v) is 5.93. The summed E-state index contributed by atoms with van der Waals surface area (Å²) in [5, 5.41) is 6.53. The van der Waals surface area contributed by atoms with Gasteiger partial charge in [0.1, 0.15) is 0 Å². The summed E-state index contributed by atoms with van der Waals surface area (Å²) in [6, 6.07) is 5.31. The van der Waals surface area contributed by atoms with Crippen LogP contribution in [0.15, 0.2) is 18.2 Å². The van der Waals surface area contributed by atoms with E-state index in [0.717, 1.165) is 5.56 Å². The minimum atomic E-state index is -0.114. The molecule has 0 radical (unpaired) electrons. The Morgan fingerprint density at radius 2 is 1.86 bits per heavy atom. The highest BCUT2D eigenvalue weighted by Gasteiger charge is 2.17.